The summed E-state index contributed by atoms with van der Waals surface area (Å²) < 4.78 is 5.14. The second-order valence-electron chi connectivity index (χ2n) is 6.07. The molecule has 1 aromatic rings. The molecular formula is C17H24N2O4. The molecule has 0 aliphatic carbocycles. The van der Waals surface area contributed by atoms with Crippen LogP contribution in [0, 0.1) is 0 Å². The van der Waals surface area contributed by atoms with E-state index in [0.29, 0.717) is 5.56 Å². The number of hydrogen-bond donors (Lipinski definition) is 3. The molecule has 0 bridgehead atoms. The van der Waals surface area contributed by atoms with E-state index in [0.717, 1.165) is 0 Å². The van der Waals surface area contributed by atoms with E-state index in [1.54, 1.807) is 51.1 Å². The lowest BCUT2D eigenvalue weighted by molar-refractivity contribution is -0.123. The van der Waals surface area contributed by atoms with Crippen LogP contribution in [0.4, 0.5) is 4.79 Å². The minimum Gasteiger partial charge on any atom is -0.508 e. The van der Waals surface area contributed by atoms with Crippen molar-refractivity contribution in [2.45, 2.75) is 45.4 Å². The van der Waals surface area contributed by atoms with Gasteiger partial charge in [0.15, 0.2) is 0 Å². The smallest absolute Gasteiger partial charge is 0.408 e. The molecule has 0 aliphatic heterocycles. The number of hydrogen-bond acceptors (Lipinski definition) is 4. The third-order valence-electron chi connectivity index (χ3n) is 2.85. The summed E-state index contributed by atoms with van der Waals surface area (Å²) in [5.74, 6) is -0.271. The van der Waals surface area contributed by atoms with Crippen LogP contribution in [0.5, 0.6) is 5.75 Å². The minimum atomic E-state index is -0.784. The van der Waals surface area contributed by atoms with Crippen molar-refractivity contribution in [1.29, 1.82) is 0 Å². The summed E-state index contributed by atoms with van der Waals surface area (Å²) in [6, 6.07) is 5.93. The van der Waals surface area contributed by atoms with Crippen molar-refractivity contribution in [1.82, 2.24) is 10.6 Å². The van der Waals surface area contributed by atoms with Gasteiger partial charge in [0, 0.05) is 12.1 Å². The second kappa shape index (κ2) is 8.22. The van der Waals surface area contributed by atoms with Crippen LogP contribution in [-0.4, -0.2) is 28.7 Å². The van der Waals surface area contributed by atoms with Gasteiger partial charge in [-0.25, -0.2) is 4.79 Å². The molecule has 0 heterocycles. The van der Waals surface area contributed by atoms with E-state index < -0.39 is 17.7 Å². The number of carbonyl (C=O) groups is 2. The SMILES string of the molecule is C=CC[C@H](NC(=O)OC(C)(C)C)C(=O)NCc1ccccc1O. The van der Waals surface area contributed by atoms with Gasteiger partial charge in [0.2, 0.25) is 5.91 Å². The van der Waals surface area contributed by atoms with Gasteiger partial charge in [-0.1, -0.05) is 24.3 Å². The van der Waals surface area contributed by atoms with Crippen molar-refractivity contribution in [2.75, 3.05) is 0 Å². The fraction of sp³-hybridized carbons (Fsp3) is 0.412. The van der Waals surface area contributed by atoms with Crippen molar-refractivity contribution in [3.63, 3.8) is 0 Å². The number of amides is 2. The maximum Gasteiger partial charge on any atom is 0.408 e. The zero-order valence-corrected chi connectivity index (χ0v) is 13.8. The van der Waals surface area contributed by atoms with E-state index in [4.69, 9.17) is 4.74 Å². The zero-order valence-electron chi connectivity index (χ0n) is 13.8. The molecule has 0 aliphatic rings. The van der Waals surface area contributed by atoms with Crippen LogP contribution >= 0.6 is 0 Å². The first-order valence-corrected chi connectivity index (χ1v) is 7.38. The Hall–Kier alpha value is -2.50. The fourth-order valence-electron chi connectivity index (χ4n) is 1.81. The molecule has 0 radical (unpaired) electrons. The van der Waals surface area contributed by atoms with Crippen molar-refractivity contribution in [3.8, 4) is 5.75 Å². The lowest BCUT2D eigenvalue weighted by atomic mass is 10.1. The van der Waals surface area contributed by atoms with E-state index in [1.807, 2.05) is 0 Å². The van der Waals surface area contributed by atoms with Gasteiger partial charge < -0.3 is 20.5 Å². The van der Waals surface area contributed by atoms with Crippen LogP contribution in [0.1, 0.15) is 32.8 Å². The summed E-state index contributed by atoms with van der Waals surface area (Å²) in [7, 11) is 0. The molecule has 6 nitrogen and oxygen atoms in total. The molecule has 1 atom stereocenters. The fourth-order valence-corrected chi connectivity index (χ4v) is 1.81. The molecule has 0 fully saturated rings. The molecule has 6 heteroatoms. The van der Waals surface area contributed by atoms with Gasteiger partial charge in [0.25, 0.3) is 0 Å². The number of carbonyl (C=O) groups excluding carboxylic acids is 2. The summed E-state index contributed by atoms with van der Waals surface area (Å²) in [5.41, 5.74) is -0.0507. The summed E-state index contributed by atoms with van der Waals surface area (Å²) in [6.45, 7) is 8.98. The number of phenolic OH excluding ortho intramolecular Hbond substituents is 1. The summed E-state index contributed by atoms with van der Waals surface area (Å²) in [5, 5.41) is 14.9. The van der Waals surface area contributed by atoms with Crippen LogP contribution in [0.25, 0.3) is 0 Å². The largest absolute Gasteiger partial charge is 0.508 e. The van der Waals surface area contributed by atoms with Gasteiger partial charge >= 0.3 is 6.09 Å². The number of aromatic hydroxyl groups is 1. The van der Waals surface area contributed by atoms with E-state index >= 15 is 0 Å². The molecule has 3 N–H and O–H groups in total. The van der Waals surface area contributed by atoms with E-state index in [9.17, 15) is 14.7 Å². The Morgan fingerprint density at radius 2 is 2.00 bits per heavy atom. The topological polar surface area (TPSA) is 87.7 Å². The zero-order chi connectivity index (χ0) is 17.5. The summed E-state index contributed by atoms with van der Waals surface area (Å²) in [6.07, 6.45) is 1.15. The van der Waals surface area contributed by atoms with Crippen LogP contribution in [-0.2, 0) is 16.1 Å². The molecule has 0 unspecified atom stereocenters. The highest BCUT2D eigenvalue weighted by Crippen LogP contribution is 2.15. The molecule has 0 saturated carbocycles. The normalized spacial score (nSPS) is 12.1. The highest BCUT2D eigenvalue weighted by molar-refractivity contribution is 5.85. The third-order valence-corrected chi connectivity index (χ3v) is 2.85. The number of rotatable bonds is 6. The first kappa shape index (κ1) is 18.5. The maximum absolute atomic E-state index is 12.2. The molecule has 23 heavy (non-hydrogen) atoms. The number of ether oxygens (including phenoxy) is 1. The Morgan fingerprint density at radius 3 is 2.57 bits per heavy atom. The Labute approximate surface area is 136 Å². The molecule has 0 saturated heterocycles. The lowest BCUT2D eigenvalue weighted by Crippen LogP contribution is -2.47. The molecule has 1 rings (SSSR count). The molecule has 0 aromatic heterocycles. The van der Waals surface area contributed by atoms with Crippen LogP contribution in [0.2, 0.25) is 0 Å². The Bertz CT molecular complexity index is 564. The van der Waals surface area contributed by atoms with Crippen molar-refractivity contribution in [2.24, 2.45) is 0 Å². The van der Waals surface area contributed by atoms with Gasteiger partial charge in [0.05, 0.1) is 0 Å². The van der Waals surface area contributed by atoms with Crippen LogP contribution in [0.15, 0.2) is 36.9 Å². The average Bonchev–Trinajstić information content (AvgIpc) is 2.43. The minimum absolute atomic E-state index is 0.105. The predicted octanol–water partition coefficient (Wildman–Crippen LogP) is 2.48. The Balaban J connectivity index is 2.62. The first-order chi connectivity index (χ1) is 10.7. The van der Waals surface area contributed by atoms with E-state index in [-0.39, 0.29) is 24.6 Å². The highest BCUT2D eigenvalue weighted by Gasteiger charge is 2.23. The molecule has 0 spiro atoms. The van der Waals surface area contributed by atoms with Crippen LogP contribution in [0.3, 0.4) is 0 Å². The van der Waals surface area contributed by atoms with E-state index in [1.165, 1.54) is 0 Å². The summed E-state index contributed by atoms with van der Waals surface area (Å²) in [4.78, 5) is 24.0. The average molecular weight is 320 g/mol. The first-order valence-electron chi connectivity index (χ1n) is 7.38. The van der Waals surface area contributed by atoms with Gasteiger partial charge in [-0.3, -0.25) is 4.79 Å². The van der Waals surface area contributed by atoms with Crippen molar-refractivity contribution >= 4 is 12.0 Å². The number of benzene rings is 1. The van der Waals surface area contributed by atoms with Gasteiger partial charge in [-0.15, -0.1) is 6.58 Å². The second-order valence-corrected chi connectivity index (χ2v) is 6.07. The Kier molecular flexibility index (Phi) is 6.63. The standard InChI is InChI=1S/C17H24N2O4/c1-5-8-13(19-16(22)23-17(2,3)4)15(21)18-11-12-9-6-7-10-14(12)20/h5-7,9-10,13,20H,1,8,11H2,2-4H3,(H,18,21)(H,19,22)/t13-/m0/s1. The lowest BCUT2D eigenvalue weighted by Gasteiger charge is -2.22. The molecule has 126 valence electrons. The van der Waals surface area contributed by atoms with Gasteiger partial charge in [0.1, 0.15) is 17.4 Å². The van der Waals surface area contributed by atoms with Crippen molar-refractivity contribution in [3.05, 3.63) is 42.5 Å². The molecule has 1 aromatic carbocycles. The third kappa shape index (κ3) is 6.86. The van der Waals surface area contributed by atoms with Gasteiger partial charge in [-0.05, 0) is 33.3 Å². The molecule has 2 amide bonds. The quantitative estimate of drug-likeness (QED) is 0.703. The Morgan fingerprint density at radius 1 is 1.35 bits per heavy atom. The van der Waals surface area contributed by atoms with Crippen LogP contribution < -0.4 is 10.6 Å². The highest BCUT2D eigenvalue weighted by atomic mass is 16.6. The number of alkyl carbamates (subject to hydrolysis) is 1. The number of nitrogens with one attached hydrogen (secondary N) is 2. The summed E-state index contributed by atoms with van der Waals surface area (Å²) >= 11 is 0. The number of para-hydroxylation sites is 1. The van der Waals surface area contributed by atoms with Gasteiger partial charge in [-0.2, -0.15) is 0 Å². The predicted molar refractivity (Wildman–Crippen MR) is 87.9 cm³/mol. The van der Waals surface area contributed by atoms with E-state index in [2.05, 4.69) is 17.2 Å². The van der Waals surface area contributed by atoms with Crippen molar-refractivity contribution < 1.29 is 19.4 Å². The molecular weight excluding hydrogens is 296 g/mol. The monoisotopic (exact) mass is 320 g/mol. The number of phenols is 1. The maximum atomic E-state index is 12.2.